The molecule has 1 nitrogen and oxygen atoms in total. The zero-order valence-electron chi connectivity index (χ0n) is 7.16. The lowest BCUT2D eigenvalue weighted by atomic mass is 9.96. The van der Waals surface area contributed by atoms with Crippen LogP contribution in [0.4, 0.5) is 0 Å². The highest BCUT2D eigenvalue weighted by molar-refractivity contribution is 5.32. The third-order valence-corrected chi connectivity index (χ3v) is 3.28. The Hall–Kier alpha value is -0.820. The molecule has 0 spiro atoms. The summed E-state index contributed by atoms with van der Waals surface area (Å²) in [6, 6.07) is 10.9. The van der Waals surface area contributed by atoms with Crippen molar-refractivity contribution in [2.75, 3.05) is 13.1 Å². The van der Waals surface area contributed by atoms with Crippen molar-refractivity contribution < 1.29 is 0 Å². The second-order valence-corrected chi connectivity index (χ2v) is 3.92. The Morgan fingerprint density at radius 3 is 2.58 bits per heavy atom. The molecule has 0 N–H and O–H groups in total. The van der Waals surface area contributed by atoms with Gasteiger partial charge < -0.3 is 0 Å². The van der Waals surface area contributed by atoms with E-state index in [1.54, 1.807) is 0 Å². The monoisotopic (exact) mass is 159 g/mol. The lowest BCUT2D eigenvalue weighted by Gasteiger charge is -2.09. The molecule has 0 amide bonds. The van der Waals surface area contributed by atoms with Gasteiger partial charge in [-0.3, -0.25) is 4.90 Å². The first-order chi connectivity index (χ1) is 5.92. The van der Waals surface area contributed by atoms with Gasteiger partial charge in [-0.05, 0) is 24.9 Å². The van der Waals surface area contributed by atoms with Crippen LogP contribution in [-0.2, 0) is 5.54 Å². The van der Waals surface area contributed by atoms with Crippen LogP contribution in [0.1, 0.15) is 18.4 Å². The number of fused-ring (bicyclic) bond motifs is 1. The van der Waals surface area contributed by atoms with Crippen LogP contribution in [-0.4, -0.2) is 18.0 Å². The topological polar surface area (TPSA) is 3.01 Å². The number of nitrogens with zero attached hydrogens (tertiary/aromatic N) is 1. The lowest BCUT2D eigenvalue weighted by Crippen LogP contribution is -2.08. The van der Waals surface area contributed by atoms with Crippen molar-refractivity contribution in [2.24, 2.45) is 0 Å². The number of benzene rings is 1. The highest BCUT2D eigenvalue weighted by Gasteiger charge is 2.55. The number of hydrogen-bond donors (Lipinski definition) is 0. The minimum absolute atomic E-state index is 0.487. The largest absolute Gasteiger partial charge is 0.290 e. The summed E-state index contributed by atoms with van der Waals surface area (Å²) in [5.74, 6) is 0. The first-order valence-electron chi connectivity index (χ1n) is 4.72. The second-order valence-electron chi connectivity index (χ2n) is 3.92. The summed E-state index contributed by atoms with van der Waals surface area (Å²) in [6.45, 7) is 2.62. The smallest absolute Gasteiger partial charge is 0.0590 e. The van der Waals surface area contributed by atoms with Crippen molar-refractivity contribution in [3.05, 3.63) is 35.9 Å². The van der Waals surface area contributed by atoms with E-state index in [-0.39, 0.29) is 0 Å². The summed E-state index contributed by atoms with van der Waals surface area (Å²) in [7, 11) is 0. The molecule has 2 fully saturated rings. The van der Waals surface area contributed by atoms with Gasteiger partial charge in [0.15, 0.2) is 0 Å². The van der Waals surface area contributed by atoms with Gasteiger partial charge in [0.1, 0.15) is 0 Å². The standard InChI is InChI=1S/C11H13N/c1-2-5-10(6-3-1)11-7-4-8-12(11)9-11/h1-3,5-6H,4,7-9H2/t11-,12?/m1/s1. The van der Waals surface area contributed by atoms with E-state index in [4.69, 9.17) is 0 Å². The average Bonchev–Trinajstić information content (AvgIpc) is 2.72. The van der Waals surface area contributed by atoms with E-state index >= 15 is 0 Å². The first kappa shape index (κ1) is 6.67. The predicted molar refractivity (Wildman–Crippen MR) is 48.9 cm³/mol. The zero-order chi connectivity index (χ0) is 8.02. The summed E-state index contributed by atoms with van der Waals surface area (Å²) >= 11 is 0. The normalized spacial score (nSPS) is 37.8. The van der Waals surface area contributed by atoms with Gasteiger partial charge in [-0.25, -0.2) is 0 Å². The Balaban J connectivity index is 2.00. The van der Waals surface area contributed by atoms with Crippen molar-refractivity contribution >= 4 is 0 Å². The fraction of sp³-hybridized carbons (Fsp3) is 0.455. The summed E-state index contributed by atoms with van der Waals surface area (Å²) in [5.41, 5.74) is 2.02. The van der Waals surface area contributed by atoms with Crippen molar-refractivity contribution in [1.82, 2.24) is 4.90 Å². The molecular weight excluding hydrogens is 146 g/mol. The second kappa shape index (κ2) is 2.11. The van der Waals surface area contributed by atoms with Crippen molar-refractivity contribution in [2.45, 2.75) is 18.4 Å². The fourth-order valence-corrected chi connectivity index (χ4v) is 2.54. The third kappa shape index (κ3) is 0.721. The minimum atomic E-state index is 0.487. The van der Waals surface area contributed by atoms with Gasteiger partial charge in [-0.1, -0.05) is 30.3 Å². The number of piperidine rings is 1. The molecule has 2 saturated heterocycles. The Kier molecular flexibility index (Phi) is 1.17. The molecule has 0 aromatic heterocycles. The average molecular weight is 159 g/mol. The van der Waals surface area contributed by atoms with E-state index in [1.165, 1.54) is 31.5 Å². The maximum atomic E-state index is 2.59. The molecule has 3 rings (SSSR count). The summed E-state index contributed by atoms with van der Waals surface area (Å²) in [5, 5.41) is 0. The highest BCUT2D eigenvalue weighted by atomic mass is 15.4. The molecule has 0 bridgehead atoms. The Morgan fingerprint density at radius 2 is 2.00 bits per heavy atom. The molecule has 1 aromatic carbocycles. The number of hydrogen-bond acceptors (Lipinski definition) is 1. The summed E-state index contributed by atoms with van der Waals surface area (Å²) in [4.78, 5) is 2.59. The SMILES string of the molecule is c1ccc([C@]23CCCN2C3)cc1. The Labute approximate surface area is 73.0 Å². The first-order valence-corrected chi connectivity index (χ1v) is 4.72. The molecule has 2 atom stereocenters. The van der Waals surface area contributed by atoms with E-state index in [9.17, 15) is 0 Å². The van der Waals surface area contributed by atoms with Crippen LogP contribution in [0.15, 0.2) is 30.3 Å². The quantitative estimate of drug-likeness (QED) is 0.566. The van der Waals surface area contributed by atoms with Gasteiger partial charge in [0.25, 0.3) is 0 Å². The Bertz CT molecular complexity index is 293. The van der Waals surface area contributed by atoms with Crippen molar-refractivity contribution in [3.8, 4) is 0 Å². The molecule has 1 unspecified atom stereocenters. The summed E-state index contributed by atoms with van der Waals surface area (Å²) in [6.07, 6.45) is 2.76. The Morgan fingerprint density at radius 1 is 1.17 bits per heavy atom. The van der Waals surface area contributed by atoms with E-state index < -0.39 is 0 Å². The van der Waals surface area contributed by atoms with Crippen LogP contribution in [0.3, 0.4) is 0 Å². The van der Waals surface area contributed by atoms with E-state index in [2.05, 4.69) is 35.2 Å². The summed E-state index contributed by atoms with van der Waals surface area (Å²) < 4.78 is 0. The van der Waals surface area contributed by atoms with Crippen LogP contribution >= 0.6 is 0 Å². The van der Waals surface area contributed by atoms with Crippen LogP contribution in [0.25, 0.3) is 0 Å². The molecule has 0 radical (unpaired) electrons. The number of rotatable bonds is 1. The zero-order valence-corrected chi connectivity index (χ0v) is 7.16. The molecular formula is C11H13N. The molecule has 12 heavy (non-hydrogen) atoms. The van der Waals surface area contributed by atoms with Crippen molar-refractivity contribution in [1.29, 1.82) is 0 Å². The van der Waals surface area contributed by atoms with Crippen LogP contribution < -0.4 is 0 Å². The molecule has 0 saturated carbocycles. The van der Waals surface area contributed by atoms with Gasteiger partial charge in [-0.15, -0.1) is 0 Å². The molecule has 0 aliphatic carbocycles. The van der Waals surface area contributed by atoms with Crippen LogP contribution in [0.2, 0.25) is 0 Å². The maximum absolute atomic E-state index is 2.59. The van der Waals surface area contributed by atoms with Gasteiger partial charge in [0.2, 0.25) is 0 Å². The van der Waals surface area contributed by atoms with E-state index in [0.29, 0.717) is 5.54 Å². The van der Waals surface area contributed by atoms with Gasteiger partial charge in [0, 0.05) is 6.54 Å². The fourth-order valence-electron chi connectivity index (χ4n) is 2.54. The molecule has 1 aromatic rings. The van der Waals surface area contributed by atoms with Crippen LogP contribution in [0, 0.1) is 0 Å². The van der Waals surface area contributed by atoms with Crippen LogP contribution in [0.5, 0.6) is 0 Å². The molecule has 62 valence electrons. The van der Waals surface area contributed by atoms with Gasteiger partial charge in [-0.2, -0.15) is 0 Å². The maximum Gasteiger partial charge on any atom is 0.0590 e. The predicted octanol–water partition coefficient (Wildman–Crippen LogP) is 1.99. The third-order valence-electron chi connectivity index (χ3n) is 3.28. The molecule has 2 aliphatic rings. The molecule has 1 heteroatoms. The lowest BCUT2D eigenvalue weighted by molar-refractivity contribution is 0.512. The van der Waals surface area contributed by atoms with Crippen molar-refractivity contribution in [3.63, 3.8) is 0 Å². The van der Waals surface area contributed by atoms with Gasteiger partial charge in [0.05, 0.1) is 5.54 Å². The molecule has 2 heterocycles. The highest BCUT2D eigenvalue weighted by Crippen LogP contribution is 2.50. The van der Waals surface area contributed by atoms with Gasteiger partial charge >= 0.3 is 0 Å². The molecule has 2 aliphatic heterocycles. The van der Waals surface area contributed by atoms with E-state index in [1.807, 2.05) is 0 Å². The minimum Gasteiger partial charge on any atom is -0.290 e. The van der Waals surface area contributed by atoms with E-state index in [0.717, 1.165) is 0 Å².